The van der Waals surface area contributed by atoms with Crippen molar-refractivity contribution < 1.29 is 4.74 Å². The fraction of sp³-hybridized carbons (Fsp3) is 0.727. The Bertz CT molecular complexity index is 326. The Balaban J connectivity index is 1.93. The number of hydrogen-bond acceptors (Lipinski definition) is 2. The molecule has 3 nitrogen and oxygen atoms in total. The third-order valence-electron chi connectivity index (χ3n) is 3.33. The predicted molar refractivity (Wildman–Crippen MR) is 53.3 cm³/mol. The molecule has 0 spiro atoms. The van der Waals surface area contributed by atoms with Crippen LogP contribution < -0.4 is 0 Å². The molecule has 1 atom stereocenters. The van der Waals surface area contributed by atoms with Crippen molar-refractivity contribution in [1.82, 2.24) is 9.55 Å². The molecule has 3 heterocycles. The zero-order valence-corrected chi connectivity index (χ0v) is 8.41. The van der Waals surface area contributed by atoms with E-state index in [1.165, 1.54) is 37.3 Å². The first-order valence-corrected chi connectivity index (χ1v) is 5.57. The van der Waals surface area contributed by atoms with Gasteiger partial charge in [-0.05, 0) is 25.7 Å². The zero-order valence-electron chi connectivity index (χ0n) is 8.41. The lowest BCUT2D eigenvalue weighted by molar-refractivity contribution is 0.192. The van der Waals surface area contributed by atoms with Gasteiger partial charge in [0.15, 0.2) is 0 Å². The van der Waals surface area contributed by atoms with E-state index >= 15 is 0 Å². The molecule has 2 aliphatic rings. The maximum absolute atomic E-state index is 5.42. The maximum Gasteiger partial charge on any atom is 0.114 e. The number of nitrogens with zero attached hydrogens (tertiary/aromatic N) is 2. The summed E-state index contributed by atoms with van der Waals surface area (Å²) < 4.78 is 7.84. The van der Waals surface area contributed by atoms with Crippen molar-refractivity contribution in [2.24, 2.45) is 0 Å². The van der Waals surface area contributed by atoms with E-state index in [9.17, 15) is 0 Å². The first-order chi connectivity index (χ1) is 6.95. The van der Waals surface area contributed by atoms with Crippen molar-refractivity contribution in [2.75, 3.05) is 13.2 Å². The van der Waals surface area contributed by atoms with Crippen molar-refractivity contribution in [1.29, 1.82) is 0 Å². The summed E-state index contributed by atoms with van der Waals surface area (Å²) in [6.07, 6.45) is 7.06. The Morgan fingerprint density at radius 1 is 1.43 bits per heavy atom. The van der Waals surface area contributed by atoms with E-state index in [0.717, 1.165) is 19.6 Å². The summed E-state index contributed by atoms with van der Waals surface area (Å²) in [4.78, 5) is 4.56. The van der Waals surface area contributed by atoms with Crippen LogP contribution in [0.3, 0.4) is 0 Å². The fourth-order valence-electron chi connectivity index (χ4n) is 2.52. The van der Waals surface area contributed by atoms with Gasteiger partial charge in [-0.2, -0.15) is 0 Å². The monoisotopic (exact) mass is 192 g/mol. The Kier molecular flexibility index (Phi) is 2.05. The van der Waals surface area contributed by atoms with Gasteiger partial charge in [-0.15, -0.1) is 0 Å². The van der Waals surface area contributed by atoms with Crippen LogP contribution in [0.2, 0.25) is 0 Å². The van der Waals surface area contributed by atoms with Gasteiger partial charge >= 0.3 is 0 Å². The van der Waals surface area contributed by atoms with E-state index in [0.29, 0.717) is 5.92 Å². The number of rotatable bonds is 1. The molecule has 3 heteroatoms. The third kappa shape index (κ3) is 1.27. The molecule has 0 radical (unpaired) electrons. The molecule has 0 bridgehead atoms. The van der Waals surface area contributed by atoms with Crippen molar-refractivity contribution in [3.05, 3.63) is 17.7 Å². The van der Waals surface area contributed by atoms with Crippen LogP contribution in [-0.4, -0.2) is 22.8 Å². The first kappa shape index (κ1) is 8.48. The van der Waals surface area contributed by atoms with E-state index in [-0.39, 0.29) is 0 Å². The number of fused-ring (bicyclic) bond motifs is 1. The largest absolute Gasteiger partial charge is 0.381 e. The second-order valence-electron chi connectivity index (χ2n) is 4.28. The molecule has 14 heavy (non-hydrogen) atoms. The van der Waals surface area contributed by atoms with Gasteiger partial charge in [0.2, 0.25) is 0 Å². The van der Waals surface area contributed by atoms with Crippen LogP contribution in [-0.2, 0) is 17.7 Å². The average molecular weight is 192 g/mol. The Morgan fingerprint density at radius 3 is 3.29 bits per heavy atom. The van der Waals surface area contributed by atoms with Gasteiger partial charge < -0.3 is 9.30 Å². The number of hydrogen-bond donors (Lipinski definition) is 0. The van der Waals surface area contributed by atoms with Gasteiger partial charge in [-0.1, -0.05) is 0 Å². The van der Waals surface area contributed by atoms with Gasteiger partial charge in [-0.25, -0.2) is 4.98 Å². The maximum atomic E-state index is 5.42. The molecule has 76 valence electrons. The van der Waals surface area contributed by atoms with Crippen LogP contribution >= 0.6 is 0 Å². The molecule has 0 N–H and O–H groups in total. The van der Waals surface area contributed by atoms with E-state index < -0.39 is 0 Å². The van der Waals surface area contributed by atoms with Crippen LogP contribution in [0.1, 0.15) is 36.7 Å². The molecule has 1 saturated heterocycles. The van der Waals surface area contributed by atoms with E-state index in [1.807, 2.05) is 0 Å². The lowest BCUT2D eigenvalue weighted by Crippen LogP contribution is -2.15. The van der Waals surface area contributed by atoms with Crippen LogP contribution in [0.25, 0.3) is 0 Å². The van der Waals surface area contributed by atoms with Crippen LogP contribution in [0.5, 0.6) is 0 Å². The lowest BCUT2D eigenvalue weighted by atomic mass is 10.1. The minimum Gasteiger partial charge on any atom is -0.381 e. The molecule has 0 aliphatic carbocycles. The molecule has 1 aromatic rings. The van der Waals surface area contributed by atoms with Crippen LogP contribution in [0.4, 0.5) is 0 Å². The molecular weight excluding hydrogens is 176 g/mol. The SMILES string of the molecule is c1nc(C2CCOC2)n2c1CCCC2. The molecule has 1 fully saturated rings. The molecule has 0 aromatic carbocycles. The first-order valence-electron chi connectivity index (χ1n) is 5.57. The minimum absolute atomic E-state index is 0.557. The van der Waals surface area contributed by atoms with Crippen molar-refractivity contribution in [2.45, 2.75) is 38.1 Å². The zero-order chi connectivity index (χ0) is 9.38. The average Bonchev–Trinajstić information content (AvgIpc) is 2.85. The van der Waals surface area contributed by atoms with Crippen LogP contribution in [0, 0.1) is 0 Å². The molecule has 1 aromatic heterocycles. The van der Waals surface area contributed by atoms with Gasteiger partial charge in [0.1, 0.15) is 5.82 Å². The highest BCUT2D eigenvalue weighted by Gasteiger charge is 2.24. The molecule has 0 saturated carbocycles. The lowest BCUT2D eigenvalue weighted by Gasteiger charge is -2.18. The molecule has 3 rings (SSSR count). The highest BCUT2D eigenvalue weighted by Crippen LogP contribution is 2.27. The smallest absolute Gasteiger partial charge is 0.114 e. The second-order valence-corrected chi connectivity index (χ2v) is 4.28. The van der Waals surface area contributed by atoms with Crippen molar-refractivity contribution in [3.8, 4) is 0 Å². The summed E-state index contributed by atoms with van der Waals surface area (Å²) in [6.45, 7) is 2.95. The number of aromatic nitrogens is 2. The van der Waals surface area contributed by atoms with E-state index in [4.69, 9.17) is 4.74 Å². The summed E-state index contributed by atoms with van der Waals surface area (Å²) in [5, 5.41) is 0. The molecule has 1 unspecified atom stereocenters. The second kappa shape index (κ2) is 3.39. The van der Waals surface area contributed by atoms with Crippen molar-refractivity contribution >= 4 is 0 Å². The van der Waals surface area contributed by atoms with Gasteiger partial charge in [0.25, 0.3) is 0 Å². The minimum atomic E-state index is 0.557. The summed E-state index contributed by atoms with van der Waals surface area (Å²) in [7, 11) is 0. The van der Waals surface area contributed by atoms with E-state index in [1.54, 1.807) is 0 Å². The predicted octanol–water partition coefficient (Wildman–Crippen LogP) is 1.72. The molecular formula is C11H16N2O. The van der Waals surface area contributed by atoms with Gasteiger partial charge in [0.05, 0.1) is 6.61 Å². The highest BCUT2D eigenvalue weighted by molar-refractivity contribution is 5.12. The normalized spacial score (nSPS) is 26.4. The Labute approximate surface area is 84.1 Å². The summed E-state index contributed by atoms with van der Waals surface area (Å²) in [6, 6.07) is 0. The standard InChI is InChI=1S/C11H16N2O/c1-2-5-13-10(3-1)7-12-11(13)9-4-6-14-8-9/h7,9H,1-6,8H2. The molecule has 0 amide bonds. The van der Waals surface area contributed by atoms with Crippen LogP contribution in [0.15, 0.2) is 6.20 Å². The summed E-state index contributed by atoms with van der Waals surface area (Å²) >= 11 is 0. The number of ether oxygens (including phenoxy) is 1. The quantitative estimate of drug-likeness (QED) is 0.677. The Morgan fingerprint density at radius 2 is 2.43 bits per heavy atom. The number of imidazole rings is 1. The van der Waals surface area contributed by atoms with E-state index in [2.05, 4.69) is 15.7 Å². The summed E-state index contributed by atoms with van der Waals surface area (Å²) in [5.74, 6) is 1.83. The molecule has 2 aliphatic heterocycles. The Hall–Kier alpha value is -0.830. The summed E-state index contributed by atoms with van der Waals surface area (Å²) in [5.41, 5.74) is 1.43. The van der Waals surface area contributed by atoms with Gasteiger partial charge in [-0.3, -0.25) is 0 Å². The fourth-order valence-corrected chi connectivity index (χ4v) is 2.52. The van der Waals surface area contributed by atoms with Gasteiger partial charge in [0, 0.05) is 31.0 Å². The van der Waals surface area contributed by atoms with Crippen molar-refractivity contribution in [3.63, 3.8) is 0 Å². The number of aryl methyl sites for hydroxylation is 1. The highest BCUT2D eigenvalue weighted by atomic mass is 16.5. The third-order valence-corrected chi connectivity index (χ3v) is 3.33. The topological polar surface area (TPSA) is 27.1 Å².